The first-order valence-electron chi connectivity index (χ1n) is 7.17. The van der Waals surface area contributed by atoms with E-state index < -0.39 is 0 Å². The van der Waals surface area contributed by atoms with Gasteiger partial charge in [-0.3, -0.25) is 0 Å². The van der Waals surface area contributed by atoms with Gasteiger partial charge < -0.3 is 14.6 Å². The minimum Gasteiger partial charge on any atom is -0.396 e. The van der Waals surface area contributed by atoms with E-state index in [1.807, 2.05) is 0 Å². The third-order valence-electron chi connectivity index (χ3n) is 4.37. The Hall–Kier alpha value is -0.120. The number of aliphatic hydroxyl groups excluding tert-OH is 1. The number of rotatable bonds is 8. The summed E-state index contributed by atoms with van der Waals surface area (Å²) in [5.74, 6) is -0.358. The molecule has 0 aromatic rings. The summed E-state index contributed by atoms with van der Waals surface area (Å²) in [5.41, 5.74) is 0.129. The van der Waals surface area contributed by atoms with Crippen LogP contribution in [0.15, 0.2) is 0 Å². The highest BCUT2D eigenvalue weighted by Crippen LogP contribution is 2.61. The first-order valence-corrected chi connectivity index (χ1v) is 7.17. The van der Waals surface area contributed by atoms with E-state index in [1.165, 1.54) is 25.7 Å². The smallest absolute Gasteiger partial charge is 0.174 e. The molecule has 0 radical (unpaired) electrons. The molecule has 0 spiro atoms. The van der Waals surface area contributed by atoms with Gasteiger partial charge in [0.1, 0.15) is 0 Å². The Morgan fingerprint density at radius 1 is 1.00 bits per heavy atom. The summed E-state index contributed by atoms with van der Waals surface area (Å²) in [6, 6.07) is 0. The van der Waals surface area contributed by atoms with Crippen molar-refractivity contribution in [1.82, 2.24) is 0 Å². The van der Waals surface area contributed by atoms with Crippen LogP contribution >= 0.6 is 0 Å². The first-order chi connectivity index (χ1) is 8.29. The minimum absolute atomic E-state index is 0.129. The van der Waals surface area contributed by atoms with Gasteiger partial charge in [-0.2, -0.15) is 0 Å². The zero-order chi connectivity index (χ0) is 12.2. The minimum atomic E-state index is -0.358. The lowest BCUT2D eigenvalue weighted by atomic mass is 9.87. The van der Waals surface area contributed by atoms with Crippen LogP contribution in [0.5, 0.6) is 0 Å². The molecule has 1 aliphatic heterocycles. The van der Waals surface area contributed by atoms with E-state index in [0.29, 0.717) is 0 Å². The molecule has 0 aromatic heterocycles. The number of hydrogen-bond acceptors (Lipinski definition) is 3. The fourth-order valence-corrected chi connectivity index (χ4v) is 3.14. The van der Waals surface area contributed by atoms with E-state index in [1.54, 1.807) is 0 Å². The quantitative estimate of drug-likeness (QED) is 0.665. The maximum Gasteiger partial charge on any atom is 0.174 e. The molecule has 1 heterocycles. The van der Waals surface area contributed by atoms with Crippen LogP contribution in [0.3, 0.4) is 0 Å². The molecule has 1 aliphatic carbocycles. The summed E-state index contributed by atoms with van der Waals surface area (Å²) in [5, 5.41) is 9.22. The van der Waals surface area contributed by atoms with Crippen LogP contribution < -0.4 is 0 Å². The van der Waals surface area contributed by atoms with Crippen molar-refractivity contribution >= 4 is 0 Å². The van der Waals surface area contributed by atoms with Crippen LogP contribution in [0.4, 0.5) is 0 Å². The summed E-state index contributed by atoms with van der Waals surface area (Å²) in [4.78, 5) is 0. The lowest BCUT2D eigenvalue weighted by Gasteiger charge is -2.36. The fraction of sp³-hybridized carbons (Fsp3) is 1.00. The van der Waals surface area contributed by atoms with Crippen LogP contribution in [0.1, 0.15) is 58.3 Å². The molecule has 17 heavy (non-hydrogen) atoms. The molecule has 3 heteroatoms. The maximum atomic E-state index is 9.22. The standard InChI is InChI=1S/C14H26O3/c1-2-3-4-5-6-14(16-11-12-17-14)13(7-8-13)9-10-15/h15H,2-12H2,1H3. The highest BCUT2D eigenvalue weighted by atomic mass is 16.7. The normalized spacial score (nSPS) is 25.1. The number of aliphatic hydroxyl groups is 1. The van der Waals surface area contributed by atoms with Gasteiger partial charge in [0.2, 0.25) is 0 Å². The third-order valence-corrected chi connectivity index (χ3v) is 4.37. The monoisotopic (exact) mass is 242 g/mol. The van der Waals surface area contributed by atoms with Gasteiger partial charge in [-0.25, -0.2) is 0 Å². The van der Waals surface area contributed by atoms with E-state index in [9.17, 15) is 5.11 Å². The van der Waals surface area contributed by atoms with Crippen molar-refractivity contribution in [3.8, 4) is 0 Å². The summed E-state index contributed by atoms with van der Waals surface area (Å²) in [7, 11) is 0. The highest BCUT2D eigenvalue weighted by Gasteiger charge is 2.61. The van der Waals surface area contributed by atoms with E-state index >= 15 is 0 Å². The van der Waals surface area contributed by atoms with Gasteiger partial charge in [0, 0.05) is 18.4 Å². The Balaban J connectivity index is 1.90. The molecule has 100 valence electrons. The SMILES string of the molecule is CCCCCCC1(C2(CCO)CC2)OCCO1. The Labute approximate surface area is 104 Å². The van der Waals surface area contributed by atoms with Crippen molar-refractivity contribution in [1.29, 1.82) is 0 Å². The second-order valence-corrected chi connectivity index (χ2v) is 5.51. The summed E-state index contributed by atoms with van der Waals surface area (Å²) in [6.45, 7) is 3.93. The summed E-state index contributed by atoms with van der Waals surface area (Å²) in [6.07, 6.45) is 9.15. The molecular formula is C14H26O3. The molecule has 2 rings (SSSR count). The van der Waals surface area contributed by atoms with Crippen LogP contribution in [0, 0.1) is 5.41 Å². The van der Waals surface area contributed by atoms with E-state index in [-0.39, 0.29) is 17.8 Å². The van der Waals surface area contributed by atoms with Crippen LogP contribution in [0.25, 0.3) is 0 Å². The van der Waals surface area contributed by atoms with E-state index in [2.05, 4.69) is 6.92 Å². The predicted octanol–water partition coefficient (Wildman–Crippen LogP) is 2.86. The molecule has 3 nitrogen and oxygen atoms in total. The molecular weight excluding hydrogens is 216 g/mol. The number of ether oxygens (including phenoxy) is 2. The zero-order valence-electron chi connectivity index (χ0n) is 11.0. The Morgan fingerprint density at radius 3 is 2.24 bits per heavy atom. The van der Waals surface area contributed by atoms with Gasteiger partial charge >= 0.3 is 0 Å². The lowest BCUT2D eigenvalue weighted by molar-refractivity contribution is -0.215. The largest absolute Gasteiger partial charge is 0.396 e. The van der Waals surface area contributed by atoms with Crippen molar-refractivity contribution in [2.45, 2.75) is 64.1 Å². The van der Waals surface area contributed by atoms with Crippen molar-refractivity contribution in [2.75, 3.05) is 19.8 Å². The van der Waals surface area contributed by atoms with Crippen LogP contribution in [-0.4, -0.2) is 30.7 Å². The summed E-state index contributed by atoms with van der Waals surface area (Å²) < 4.78 is 11.9. The van der Waals surface area contributed by atoms with E-state index in [4.69, 9.17) is 9.47 Å². The van der Waals surface area contributed by atoms with Gasteiger partial charge in [0.15, 0.2) is 5.79 Å². The molecule has 0 atom stereocenters. The molecule has 2 fully saturated rings. The zero-order valence-corrected chi connectivity index (χ0v) is 11.0. The van der Waals surface area contributed by atoms with Gasteiger partial charge in [-0.1, -0.05) is 26.2 Å². The highest BCUT2D eigenvalue weighted by molar-refractivity contribution is 5.05. The molecule has 1 saturated heterocycles. The molecule has 0 aromatic carbocycles. The van der Waals surface area contributed by atoms with Crippen molar-refractivity contribution in [2.24, 2.45) is 5.41 Å². The molecule has 1 saturated carbocycles. The number of unbranched alkanes of at least 4 members (excludes halogenated alkanes) is 3. The molecule has 2 aliphatic rings. The van der Waals surface area contributed by atoms with Crippen molar-refractivity contribution in [3.05, 3.63) is 0 Å². The first kappa shape index (κ1) is 13.3. The Morgan fingerprint density at radius 2 is 1.71 bits per heavy atom. The molecule has 0 bridgehead atoms. The molecule has 1 N–H and O–H groups in total. The van der Waals surface area contributed by atoms with Crippen molar-refractivity contribution in [3.63, 3.8) is 0 Å². The van der Waals surface area contributed by atoms with Gasteiger partial charge in [0.25, 0.3) is 0 Å². The second kappa shape index (κ2) is 5.68. The Bertz CT molecular complexity index is 230. The van der Waals surface area contributed by atoms with Gasteiger partial charge in [0.05, 0.1) is 13.2 Å². The Kier molecular flexibility index (Phi) is 4.45. The van der Waals surface area contributed by atoms with Gasteiger partial charge in [-0.15, -0.1) is 0 Å². The summed E-state index contributed by atoms with van der Waals surface area (Å²) >= 11 is 0. The fourth-order valence-electron chi connectivity index (χ4n) is 3.14. The topological polar surface area (TPSA) is 38.7 Å². The maximum absolute atomic E-state index is 9.22. The molecule has 0 unspecified atom stereocenters. The third kappa shape index (κ3) is 2.67. The lowest BCUT2D eigenvalue weighted by Crippen LogP contribution is -2.41. The second-order valence-electron chi connectivity index (χ2n) is 5.51. The van der Waals surface area contributed by atoms with Crippen LogP contribution in [0.2, 0.25) is 0 Å². The van der Waals surface area contributed by atoms with Crippen molar-refractivity contribution < 1.29 is 14.6 Å². The van der Waals surface area contributed by atoms with Gasteiger partial charge in [-0.05, 0) is 25.7 Å². The van der Waals surface area contributed by atoms with E-state index in [0.717, 1.165) is 38.9 Å². The van der Waals surface area contributed by atoms with Crippen LogP contribution in [-0.2, 0) is 9.47 Å². The molecule has 0 amide bonds. The predicted molar refractivity (Wildman–Crippen MR) is 66.8 cm³/mol. The number of hydrogen-bond donors (Lipinski definition) is 1. The average molecular weight is 242 g/mol. The average Bonchev–Trinajstić information content (AvgIpc) is 2.96.